The van der Waals surface area contributed by atoms with Gasteiger partial charge in [0.1, 0.15) is 5.69 Å². The number of carbonyl (C=O) groups excluding carboxylic acids is 1. The summed E-state index contributed by atoms with van der Waals surface area (Å²) in [5.41, 5.74) is 1.51. The van der Waals surface area contributed by atoms with Crippen LogP contribution in [-0.2, 0) is 4.74 Å². The van der Waals surface area contributed by atoms with Crippen LogP contribution in [0.1, 0.15) is 10.4 Å². The van der Waals surface area contributed by atoms with E-state index in [0.717, 1.165) is 0 Å². The fourth-order valence-electron chi connectivity index (χ4n) is 1.59. The summed E-state index contributed by atoms with van der Waals surface area (Å²) in [5, 5.41) is 7.63. The number of fused-ring (bicyclic) bond motifs is 1. The van der Waals surface area contributed by atoms with Crippen molar-refractivity contribution in [1.82, 2.24) is 4.98 Å². The number of ether oxygens (including phenoxy) is 1. The van der Waals surface area contributed by atoms with Gasteiger partial charge in [-0.2, -0.15) is 0 Å². The molecule has 2 aromatic rings. The second kappa shape index (κ2) is 4.56. The fourth-order valence-corrected chi connectivity index (χ4v) is 1.59. The summed E-state index contributed by atoms with van der Waals surface area (Å²) >= 11 is 0. The molecule has 1 heterocycles. The Balaban J connectivity index is 2.74. The summed E-state index contributed by atoms with van der Waals surface area (Å²) in [6.07, 6.45) is 1.52. The number of benzene rings is 1. The van der Waals surface area contributed by atoms with Crippen molar-refractivity contribution in [3.63, 3.8) is 0 Å². The molecule has 0 unspecified atom stereocenters. The quantitative estimate of drug-likeness (QED) is 0.369. The van der Waals surface area contributed by atoms with E-state index in [4.69, 9.17) is 10.6 Å². The zero-order chi connectivity index (χ0) is 12.3. The number of pyridine rings is 1. The molecule has 1 aromatic carbocycles. The number of methoxy groups -OCH3 is 1. The van der Waals surface area contributed by atoms with Crippen molar-refractivity contribution in [1.29, 1.82) is 0 Å². The maximum absolute atomic E-state index is 11.6. The third kappa shape index (κ3) is 1.92. The van der Waals surface area contributed by atoms with Gasteiger partial charge in [0.25, 0.3) is 0 Å². The van der Waals surface area contributed by atoms with Crippen molar-refractivity contribution in [3.8, 4) is 0 Å². The monoisotopic (exact) mass is 230 g/mol. The number of rotatable bonds is 2. The predicted octanol–water partition coefficient (Wildman–Crippen LogP) is 1.98. The molecule has 0 saturated heterocycles. The van der Waals surface area contributed by atoms with E-state index in [2.05, 4.69) is 15.3 Å². The number of nitrogens with zero attached hydrogens (tertiary/aromatic N) is 3. The number of hydrogen-bond acceptors (Lipinski definition) is 5. The number of nitrogens with two attached hydrogens (primary N) is 1. The van der Waals surface area contributed by atoms with Gasteiger partial charge in [0.2, 0.25) is 0 Å². The molecule has 0 fully saturated rings. The van der Waals surface area contributed by atoms with Gasteiger partial charge in [-0.1, -0.05) is 17.4 Å². The van der Waals surface area contributed by atoms with Crippen LogP contribution in [0, 0.1) is 0 Å². The molecule has 0 bridgehead atoms. The lowest BCUT2D eigenvalue weighted by molar-refractivity contribution is 0.0603. The van der Waals surface area contributed by atoms with Gasteiger partial charge in [-0.3, -0.25) is 4.98 Å². The molecule has 2 rings (SSSR count). The minimum absolute atomic E-state index is 0.417. The highest BCUT2D eigenvalue weighted by Crippen LogP contribution is 2.26. The molecule has 0 aliphatic carbocycles. The first kappa shape index (κ1) is 11.0. The second-order valence-electron chi connectivity index (χ2n) is 3.24. The van der Waals surface area contributed by atoms with Crippen LogP contribution in [0.5, 0.6) is 0 Å². The average Bonchev–Trinajstić information content (AvgIpc) is 2.38. The van der Waals surface area contributed by atoms with Crippen LogP contribution >= 0.6 is 0 Å². The highest BCUT2D eigenvalue weighted by Gasteiger charge is 2.12. The highest BCUT2D eigenvalue weighted by molar-refractivity contribution is 6.05. The minimum atomic E-state index is -0.417. The SMILES string of the molecule is COC(=O)c1ccnc2c(N=NN)cccc12. The van der Waals surface area contributed by atoms with Crippen molar-refractivity contribution < 1.29 is 9.53 Å². The van der Waals surface area contributed by atoms with Gasteiger partial charge in [0, 0.05) is 11.6 Å². The van der Waals surface area contributed by atoms with Gasteiger partial charge >= 0.3 is 5.97 Å². The van der Waals surface area contributed by atoms with Crippen LogP contribution in [-0.4, -0.2) is 18.1 Å². The molecule has 0 aliphatic rings. The number of para-hydroxylation sites is 1. The molecule has 17 heavy (non-hydrogen) atoms. The number of hydrogen-bond donors (Lipinski definition) is 1. The summed E-state index contributed by atoms with van der Waals surface area (Å²) in [4.78, 5) is 15.7. The third-order valence-corrected chi connectivity index (χ3v) is 2.32. The number of esters is 1. The van der Waals surface area contributed by atoms with Gasteiger partial charge in [0.05, 0.1) is 18.2 Å². The largest absolute Gasteiger partial charge is 0.465 e. The summed E-state index contributed by atoms with van der Waals surface area (Å²) in [5.74, 6) is 4.60. The van der Waals surface area contributed by atoms with Crippen molar-refractivity contribution in [2.24, 2.45) is 16.2 Å². The number of carbonyl (C=O) groups is 1. The Kier molecular flexibility index (Phi) is 2.95. The first-order valence-corrected chi connectivity index (χ1v) is 4.85. The Bertz CT molecular complexity index is 595. The molecule has 86 valence electrons. The Hall–Kier alpha value is -2.50. The van der Waals surface area contributed by atoms with E-state index in [9.17, 15) is 4.79 Å². The predicted molar refractivity (Wildman–Crippen MR) is 61.8 cm³/mol. The van der Waals surface area contributed by atoms with Gasteiger partial charge in [0.15, 0.2) is 0 Å². The molecular formula is C11H10N4O2. The van der Waals surface area contributed by atoms with Gasteiger partial charge < -0.3 is 10.6 Å². The second-order valence-corrected chi connectivity index (χ2v) is 3.24. The van der Waals surface area contributed by atoms with E-state index >= 15 is 0 Å². The molecule has 0 spiro atoms. The van der Waals surface area contributed by atoms with Crippen LogP contribution in [0.25, 0.3) is 10.9 Å². The summed E-state index contributed by atoms with van der Waals surface area (Å²) in [6.45, 7) is 0. The topological polar surface area (TPSA) is 89.9 Å². The van der Waals surface area contributed by atoms with Crippen LogP contribution < -0.4 is 5.84 Å². The number of aromatic nitrogens is 1. The Morgan fingerprint density at radius 2 is 2.24 bits per heavy atom. The van der Waals surface area contributed by atoms with E-state index in [1.807, 2.05) is 0 Å². The zero-order valence-corrected chi connectivity index (χ0v) is 9.12. The third-order valence-electron chi connectivity index (χ3n) is 2.32. The Morgan fingerprint density at radius 1 is 1.41 bits per heavy atom. The molecule has 0 atom stereocenters. The van der Waals surface area contributed by atoms with E-state index in [1.54, 1.807) is 24.3 Å². The highest BCUT2D eigenvalue weighted by atomic mass is 16.5. The van der Waals surface area contributed by atoms with Crippen molar-refractivity contribution in [3.05, 3.63) is 36.0 Å². The lowest BCUT2D eigenvalue weighted by atomic mass is 10.1. The summed E-state index contributed by atoms with van der Waals surface area (Å²) < 4.78 is 4.70. The van der Waals surface area contributed by atoms with Gasteiger partial charge in [-0.25, -0.2) is 4.79 Å². The lowest BCUT2D eigenvalue weighted by Gasteiger charge is -2.04. The molecule has 1 aromatic heterocycles. The van der Waals surface area contributed by atoms with Crippen molar-refractivity contribution in [2.45, 2.75) is 0 Å². The molecule has 2 N–H and O–H groups in total. The molecule has 0 amide bonds. The van der Waals surface area contributed by atoms with Crippen molar-refractivity contribution in [2.75, 3.05) is 7.11 Å². The molecule has 0 radical (unpaired) electrons. The van der Waals surface area contributed by atoms with E-state index < -0.39 is 5.97 Å². The first-order valence-electron chi connectivity index (χ1n) is 4.85. The summed E-state index contributed by atoms with van der Waals surface area (Å²) in [7, 11) is 1.33. The minimum Gasteiger partial charge on any atom is -0.465 e. The van der Waals surface area contributed by atoms with Crippen molar-refractivity contribution >= 4 is 22.6 Å². The van der Waals surface area contributed by atoms with Gasteiger partial charge in [-0.05, 0) is 12.1 Å². The standard InChI is InChI=1S/C11H10N4O2/c1-17-11(16)8-5-6-13-10-7(8)3-2-4-9(10)14-15-12/h2-6H,1H3,(H2,12,14). The van der Waals surface area contributed by atoms with E-state index in [1.165, 1.54) is 13.3 Å². The molecular weight excluding hydrogens is 220 g/mol. The van der Waals surface area contributed by atoms with E-state index in [0.29, 0.717) is 22.2 Å². The normalized spacial score (nSPS) is 10.9. The van der Waals surface area contributed by atoms with Crippen LogP contribution in [0.3, 0.4) is 0 Å². The first-order chi connectivity index (χ1) is 8.27. The zero-order valence-electron chi connectivity index (χ0n) is 9.12. The smallest absolute Gasteiger partial charge is 0.338 e. The van der Waals surface area contributed by atoms with E-state index in [-0.39, 0.29) is 0 Å². The van der Waals surface area contributed by atoms with Crippen LogP contribution in [0.4, 0.5) is 5.69 Å². The average molecular weight is 230 g/mol. The molecule has 6 nitrogen and oxygen atoms in total. The molecule has 0 aliphatic heterocycles. The Morgan fingerprint density at radius 3 is 2.94 bits per heavy atom. The van der Waals surface area contributed by atoms with Crippen LogP contribution in [0.2, 0.25) is 0 Å². The van der Waals surface area contributed by atoms with Gasteiger partial charge in [-0.15, -0.1) is 5.11 Å². The molecule has 6 heteroatoms. The maximum atomic E-state index is 11.6. The maximum Gasteiger partial charge on any atom is 0.338 e. The summed E-state index contributed by atoms with van der Waals surface area (Å²) in [6, 6.07) is 6.83. The molecule has 0 saturated carbocycles. The fraction of sp³-hybridized carbons (Fsp3) is 0.0909. The van der Waals surface area contributed by atoms with Crippen LogP contribution in [0.15, 0.2) is 40.8 Å². The Labute approximate surface area is 97.1 Å². The lowest BCUT2D eigenvalue weighted by Crippen LogP contribution is -2.02.